The maximum absolute atomic E-state index is 6.11. The summed E-state index contributed by atoms with van der Waals surface area (Å²) in [5.74, 6) is 0.551. The molecule has 0 atom stereocenters. The number of pyridine rings is 1. The average molecular weight is 260 g/mol. The van der Waals surface area contributed by atoms with E-state index in [2.05, 4.69) is 32.7 Å². The summed E-state index contributed by atoms with van der Waals surface area (Å²) >= 11 is 0. The number of nitrogens with two attached hydrogens (primary N) is 1. The van der Waals surface area contributed by atoms with Gasteiger partial charge in [-0.3, -0.25) is 4.98 Å². The molecule has 2 aliphatic rings. The van der Waals surface area contributed by atoms with Crippen LogP contribution in [0.25, 0.3) is 0 Å². The van der Waals surface area contributed by atoms with Crippen LogP contribution in [0.1, 0.15) is 52.1 Å². The van der Waals surface area contributed by atoms with Gasteiger partial charge in [-0.15, -0.1) is 0 Å². The normalized spacial score (nSPS) is 24.7. The lowest BCUT2D eigenvalue weighted by atomic mass is 9.76. The maximum Gasteiger partial charge on any atom is 0.496 e. The van der Waals surface area contributed by atoms with Gasteiger partial charge in [0.05, 0.1) is 17.4 Å². The van der Waals surface area contributed by atoms with Crippen molar-refractivity contribution in [2.75, 3.05) is 5.73 Å². The monoisotopic (exact) mass is 260 g/mol. The number of rotatable bonds is 2. The summed E-state index contributed by atoms with van der Waals surface area (Å²) in [7, 11) is -0.364. The van der Waals surface area contributed by atoms with E-state index in [4.69, 9.17) is 15.0 Å². The second-order valence-electron chi connectivity index (χ2n) is 6.61. The van der Waals surface area contributed by atoms with Gasteiger partial charge in [0.25, 0.3) is 0 Å². The third kappa shape index (κ3) is 2.15. The molecule has 4 nitrogen and oxygen atoms in total. The zero-order valence-electron chi connectivity index (χ0n) is 12.1. The maximum atomic E-state index is 6.11. The van der Waals surface area contributed by atoms with Gasteiger partial charge in [0.1, 0.15) is 0 Å². The lowest BCUT2D eigenvalue weighted by Crippen LogP contribution is -2.41. The van der Waals surface area contributed by atoms with E-state index in [-0.39, 0.29) is 18.3 Å². The molecule has 1 aromatic rings. The van der Waals surface area contributed by atoms with Gasteiger partial charge in [0, 0.05) is 22.8 Å². The third-order valence-corrected chi connectivity index (χ3v) is 4.44. The van der Waals surface area contributed by atoms with E-state index in [0.29, 0.717) is 11.6 Å². The predicted octanol–water partition coefficient (Wildman–Crippen LogP) is 1.84. The highest BCUT2D eigenvalue weighted by Gasteiger charge is 2.53. The fraction of sp³-hybridized carbons (Fsp3) is 0.643. The number of hydrogen-bond acceptors (Lipinski definition) is 4. The van der Waals surface area contributed by atoms with Crippen LogP contribution >= 0.6 is 0 Å². The summed E-state index contributed by atoms with van der Waals surface area (Å²) in [6.45, 7) is 8.24. The van der Waals surface area contributed by atoms with Crippen molar-refractivity contribution in [1.29, 1.82) is 0 Å². The van der Waals surface area contributed by atoms with Crippen molar-refractivity contribution in [2.45, 2.75) is 57.7 Å². The fourth-order valence-electron chi connectivity index (χ4n) is 2.37. The minimum absolute atomic E-state index is 0.330. The Hall–Kier alpha value is -1.07. The van der Waals surface area contributed by atoms with Crippen LogP contribution < -0.4 is 11.2 Å². The molecule has 0 spiro atoms. The summed E-state index contributed by atoms with van der Waals surface area (Å²) in [5.41, 5.74) is 7.97. The van der Waals surface area contributed by atoms with Gasteiger partial charge >= 0.3 is 7.12 Å². The molecule has 5 heteroatoms. The average Bonchev–Trinajstić information content (AvgIpc) is 3.07. The molecule has 0 bridgehead atoms. The Balaban J connectivity index is 1.97. The Labute approximate surface area is 114 Å². The Bertz CT molecular complexity index is 496. The molecule has 3 rings (SSSR count). The SMILES string of the molecule is CC1(C)OB(c2cc(N)cnc2C2CC2)OC1(C)C. The molecule has 1 aromatic heterocycles. The topological polar surface area (TPSA) is 57.4 Å². The first-order chi connectivity index (χ1) is 8.80. The summed E-state index contributed by atoms with van der Waals surface area (Å²) in [4.78, 5) is 4.50. The number of anilines is 1. The standard InChI is InChI=1S/C14H21BN2O2/c1-13(2)14(3,4)19-15(18-13)11-7-10(16)8-17-12(11)9-5-6-9/h7-9H,5-6,16H2,1-4H3. The van der Waals surface area contributed by atoms with Crippen molar-refractivity contribution in [3.8, 4) is 0 Å². The van der Waals surface area contributed by atoms with Crippen LogP contribution in [0, 0.1) is 0 Å². The van der Waals surface area contributed by atoms with E-state index in [0.717, 1.165) is 11.2 Å². The van der Waals surface area contributed by atoms with Crippen molar-refractivity contribution in [3.63, 3.8) is 0 Å². The van der Waals surface area contributed by atoms with E-state index >= 15 is 0 Å². The molecule has 1 saturated carbocycles. The van der Waals surface area contributed by atoms with Crippen molar-refractivity contribution in [3.05, 3.63) is 18.0 Å². The molecule has 1 aliphatic heterocycles. The summed E-state index contributed by atoms with van der Waals surface area (Å²) in [6.07, 6.45) is 4.12. The van der Waals surface area contributed by atoms with Gasteiger partial charge in [-0.25, -0.2) is 0 Å². The molecule has 19 heavy (non-hydrogen) atoms. The minimum Gasteiger partial charge on any atom is -0.399 e. The zero-order chi connectivity index (χ0) is 13.8. The first-order valence-electron chi connectivity index (χ1n) is 6.91. The smallest absolute Gasteiger partial charge is 0.399 e. The van der Waals surface area contributed by atoms with E-state index in [1.807, 2.05) is 6.07 Å². The lowest BCUT2D eigenvalue weighted by Gasteiger charge is -2.32. The van der Waals surface area contributed by atoms with Crippen LogP contribution in [0.15, 0.2) is 12.3 Å². The van der Waals surface area contributed by atoms with Gasteiger partial charge in [0.15, 0.2) is 0 Å². The summed E-state index contributed by atoms with van der Waals surface area (Å²) in [5, 5.41) is 0. The molecular formula is C14H21BN2O2. The Morgan fingerprint density at radius 1 is 1.21 bits per heavy atom. The molecule has 0 radical (unpaired) electrons. The highest BCUT2D eigenvalue weighted by atomic mass is 16.7. The molecule has 2 N–H and O–H groups in total. The van der Waals surface area contributed by atoms with E-state index in [1.54, 1.807) is 6.20 Å². The van der Waals surface area contributed by atoms with Crippen LogP contribution in [-0.2, 0) is 9.31 Å². The summed E-state index contributed by atoms with van der Waals surface area (Å²) < 4.78 is 12.2. The Kier molecular flexibility index (Phi) is 2.70. The molecule has 2 heterocycles. The largest absolute Gasteiger partial charge is 0.496 e. The van der Waals surface area contributed by atoms with Crippen LogP contribution in [0.2, 0.25) is 0 Å². The number of nitrogens with zero attached hydrogens (tertiary/aromatic N) is 1. The van der Waals surface area contributed by atoms with E-state index in [1.165, 1.54) is 12.8 Å². The second kappa shape index (κ2) is 3.96. The Morgan fingerprint density at radius 2 is 1.79 bits per heavy atom. The summed E-state index contributed by atoms with van der Waals surface area (Å²) in [6, 6.07) is 1.95. The molecule has 1 aliphatic carbocycles. The molecule has 0 unspecified atom stereocenters. The van der Waals surface area contributed by atoms with Crippen LogP contribution in [0.4, 0.5) is 5.69 Å². The van der Waals surface area contributed by atoms with E-state index < -0.39 is 0 Å². The molecule has 2 fully saturated rings. The molecule has 102 valence electrons. The van der Waals surface area contributed by atoms with Crippen LogP contribution in [0.5, 0.6) is 0 Å². The van der Waals surface area contributed by atoms with Crippen molar-refractivity contribution < 1.29 is 9.31 Å². The van der Waals surface area contributed by atoms with Gasteiger partial charge in [-0.2, -0.15) is 0 Å². The zero-order valence-corrected chi connectivity index (χ0v) is 12.1. The second-order valence-corrected chi connectivity index (χ2v) is 6.61. The predicted molar refractivity (Wildman–Crippen MR) is 76.3 cm³/mol. The molecular weight excluding hydrogens is 239 g/mol. The minimum atomic E-state index is -0.364. The highest BCUT2D eigenvalue weighted by molar-refractivity contribution is 6.62. The van der Waals surface area contributed by atoms with Gasteiger partial charge in [-0.05, 0) is 46.6 Å². The number of nitrogen functional groups attached to an aromatic ring is 1. The molecule has 0 amide bonds. The van der Waals surface area contributed by atoms with Gasteiger partial charge in [-0.1, -0.05) is 0 Å². The van der Waals surface area contributed by atoms with Gasteiger partial charge in [0.2, 0.25) is 0 Å². The van der Waals surface area contributed by atoms with Crippen molar-refractivity contribution >= 4 is 18.3 Å². The first-order valence-corrected chi connectivity index (χ1v) is 6.91. The van der Waals surface area contributed by atoms with Crippen molar-refractivity contribution in [1.82, 2.24) is 4.98 Å². The Morgan fingerprint density at radius 3 is 2.32 bits per heavy atom. The molecule has 0 aromatic carbocycles. The van der Waals surface area contributed by atoms with Crippen molar-refractivity contribution in [2.24, 2.45) is 0 Å². The first kappa shape index (κ1) is 12.9. The number of aromatic nitrogens is 1. The quantitative estimate of drug-likeness (QED) is 0.824. The van der Waals surface area contributed by atoms with Crippen LogP contribution in [0.3, 0.4) is 0 Å². The number of hydrogen-bond donors (Lipinski definition) is 1. The lowest BCUT2D eigenvalue weighted by molar-refractivity contribution is 0.00578. The fourth-order valence-corrected chi connectivity index (χ4v) is 2.37. The van der Waals surface area contributed by atoms with E-state index in [9.17, 15) is 0 Å². The van der Waals surface area contributed by atoms with Gasteiger partial charge < -0.3 is 15.0 Å². The third-order valence-electron chi connectivity index (χ3n) is 4.44. The highest BCUT2D eigenvalue weighted by Crippen LogP contribution is 2.41. The van der Waals surface area contributed by atoms with Crippen LogP contribution in [-0.4, -0.2) is 23.3 Å². The molecule has 1 saturated heterocycles.